The van der Waals surface area contributed by atoms with Crippen LogP contribution in [0.25, 0.3) is 0 Å². The van der Waals surface area contributed by atoms with Gasteiger partial charge in [0, 0.05) is 24.7 Å². The topological polar surface area (TPSA) is 50.5 Å². The molecule has 0 aliphatic carbocycles. The number of hydrogen-bond donors (Lipinski definition) is 1. The van der Waals surface area contributed by atoms with Crippen molar-refractivity contribution in [2.45, 2.75) is 22.1 Å². The van der Waals surface area contributed by atoms with Gasteiger partial charge in [0.1, 0.15) is 11.8 Å². The second-order valence-electron chi connectivity index (χ2n) is 6.38. The summed E-state index contributed by atoms with van der Waals surface area (Å²) < 4.78 is 11.5. The minimum Gasteiger partial charge on any atom is -0.452 e. The molecule has 2 atom stereocenters. The molecule has 0 saturated carbocycles. The highest BCUT2D eigenvalue weighted by Crippen LogP contribution is 2.40. The highest BCUT2D eigenvalue weighted by molar-refractivity contribution is 7.99. The zero-order valence-electron chi connectivity index (χ0n) is 15.4. The lowest BCUT2D eigenvalue weighted by atomic mass is 10.0. The summed E-state index contributed by atoms with van der Waals surface area (Å²) in [5.74, 6) is 0.859. The number of methoxy groups -OCH3 is 1. The monoisotopic (exact) mass is 411 g/mol. The Hall–Kier alpha value is -2.35. The number of nitrogens with one attached hydrogen (secondary N) is 1. The number of furan rings is 1. The Morgan fingerprint density at radius 1 is 1.14 bits per heavy atom. The van der Waals surface area contributed by atoms with Crippen molar-refractivity contribution in [1.29, 1.82) is 0 Å². The third kappa shape index (κ3) is 4.06. The van der Waals surface area contributed by atoms with Gasteiger partial charge in [-0.1, -0.05) is 36.0 Å². The lowest BCUT2D eigenvalue weighted by molar-refractivity contribution is 0.156. The van der Waals surface area contributed by atoms with Gasteiger partial charge in [0.25, 0.3) is 0 Å². The lowest BCUT2D eigenvalue weighted by Gasteiger charge is -2.25. The Morgan fingerprint density at radius 3 is 2.71 bits per heavy atom. The van der Waals surface area contributed by atoms with Crippen LogP contribution in [0.1, 0.15) is 23.5 Å². The molecule has 4 rings (SSSR count). The fourth-order valence-electron chi connectivity index (χ4n) is 3.30. The van der Waals surface area contributed by atoms with E-state index < -0.39 is 0 Å². The standard InChI is InChI=1S/C21H21N3O2S2/c1-25-14-13-24-20(19(23-21(24)27)16-9-5-6-12-22-16)17-10-11-18(26-17)28-15-7-3-2-4-8-15/h2-12,19-20H,13-14H2,1H3,(H,23,27). The van der Waals surface area contributed by atoms with Crippen LogP contribution in [0.3, 0.4) is 0 Å². The fraction of sp³-hybridized carbons (Fsp3) is 0.238. The van der Waals surface area contributed by atoms with E-state index in [1.54, 1.807) is 25.1 Å². The molecule has 3 aromatic rings. The Balaban J connectivity index is 1.63. The first-order valence-corrected chi connectivity index (χ1v) is 10.3. The number of nitrogens with zero attached hydrogens (tertiary/aromatic N) is 2. The van der Waals surface area contributed by atoms with Gasteiger partial charge in [0.05, 0.1) is 18.3 Å². The van der Waals surface area contributed by atoms with Gasteiger partial charge in [-0.2, -0.15) is 0 Å². The summed E-state index contributed by atoms with van der Waals surface area (Å²) in [5.41, 5.74) is 0.934. The molecule has 5 nitrogen and oxygen atoms in total. The Bertz CT molecular complexity index is 918. The lowest BCUT2D eigenvalue weighted by Crippen LogP contribution is -2.32. The van der Waals surface area contributed by atoms with Crippen LogP contribution in [-0.2, 0) is 4.74 Å². The molecule has 1 fully saturated rings. The number of aromatic nitrogens is 1. The molecule has 1 saturated heterocycles. The Labute approximate surface area is 174 Å². The molecule has 0 amide bonds. The number of pyridine rings is 1. The number of benzene rings is 1. The van der Waals surface area contributed by atoms with Crippen LogP contribution >= 0.6 is 24.0 Å². The van der Waals surface area contributed by atoms with Gasteiger partial charge in [-0.05, 0) is 48.6 Å². The molecule has 144 valence electrons. The summed E-state index contributed by atoms with van der Waals surface area (Å²) in [6, 6.07) is 20.0. The van der Waals surface area contributed by atoms with Gasteiger partial charge in [-0.25, -0.2) is 0 Å². The van der Waals surface area contributed by atoms with E-state index in [0.29, 0.717) is 18.3 Å². The van der Waals surface area contributed by atoms with Crippen LogP contribution in [0.5, 0.6) is 0 Å². The van der Waals surface area contributed by atoms with Gasteiger partial charge in [-0.15, -0.1) is 0 Å². The average molecular weight is 412 g/mol. The minimum absolute atomic E-state index is 0.0775. The number of ether oxygens (including phenoxy) is 1. The third-order valence-corrected chi connectivity index (χ3v) is 5.87. The van der Waals surface area contributed by atoms with E-state index in [9.17, 15) is 0 Å². The third-order valence-electron chi connectivity index (χ3n) is 4.59. The number of rotatable bonds is 7. The molecule has 7 heteroatoms. The van der Waals surface area contributed by atoms with E-state index in [1.807, 2.05) is 48.5 Å². The summed E-state index contributed by atoms with van der Waals surface area (Å²) >= 11 is 7.21. The van der Waals surface area contributed by atoms with Crippen molar-refractivity contribution in [3.63, 3.8) is 0 Å². The van der Waals surface area contributed by atoms with Crippen LogP contribution in [0.4, 0.5) is 0 Å². The van der Waals surface area contributed by atoms with Crippen molar-refractivity contribution < 1.29 is 9.15 Å². The van der Waals surface area contributed by atoms with E-state index in [0.717, 1.165) is 21.4 Å². The van der Waals surface area contributed by atoms with Gasteiger partial charge in [0.15, 0.2) is 10.2 Å². The van der Waals surface area contributed by atoms with Crippen molar-refractivity contribution in [2.75, 3.05) is 20.3 Å². The van der Waals surface area contributed by atoms with E-state index in [-0.39, 0.29) is 12.1 Å². The normalized spacial score (nSPS) is 19.0. The molecule has 3 heterocycles. The largest absolute Gasteiger partial charge is 0.452 e. The summed E-state index contributed by atoms with van der Waals surface area (Å²) in [6.07, 6.45) is 1.80. The molecule has 0 bridgehead atoms. The van der Waals surface area contributed by atoms with Gasteiger partial charge in [-0.3, -0.25) is 4.98 Å². The highest BCUT2D eigenvalue weighted by Gasteiger charge is 2.41. The summed E-state index contributed by atoms with van der Waals surface area (Å²) in [5, 5.41) is 4.95. The van der Waals surface area contributed by atoms with Gasteiger partial charge < -0.3 is 19.4 Å². The van der Waals surface area contributed by atoms with Crippen molar-refractivity contribution in [1.82, 2.24) is 15.2 Å². The molecule has 2 aromatic heterocycles. The molecule has 0 spiro atoms. The van der Waals surface area contributed by atoms with Gasteiger partial charge >= 0.3 is 0 Å². The average Bonchev–Trinajstić information content (AvgIpc) is 3.31. The maximum absolute atomic E-state index is 6.23. The predicted molar refractivity (Wildman–Crippen MR) is 113 cm³/mol. The van der Waals surface area contributed by atoms with Crippen LogP contribution in [0, 0.1) is 0 Å². The van der Waals surface area contributed by atoms with Crippen molar-refractivity contribution in [2.24, 2.45) is 0 Å². The summed E-state index contributed by atoms with van der Waals surface area (Å²) in [6.45, 7) is 1.26. The number of thiocarbonyl (C=S) groups is 1. The first-order chi connectivity index (χ1) is 13.8. The zero-order chi connectivity index (χ0) is 19.3. The smallest absolute Gasteiger partial charge is 0.170 e. The SMILES string of the molecule is COCCN1C(=S)NC(c2ccccn2)C1c1ccc(Sc2ccccc2)o1. The van der Waals surface area contributed by atoms with Crippen LogP contribution < -0.4 is 5.32 Å². The first kappa shape index (κ1) is 19.0. The molecular weight excluding hydrogens is 390 g/mol. The van der Waals surface area contributed by atoms with Gasteiger partial charge in [0.2, 0.25) is 0 Å². The zero-order valence-corrected chi connectivity index (χ0v) is 17.1. The van der Waals surface area contributed by atoms with E-state index in [2.05, 4.69) is 27.3 Å². The molecule has 1 aliphatic rings. The maximum atomic E-state index is 6.23. The molecule has 1 aliphatic heterocycles. The first-order valence-electron chi connectivity index (χ1n) is 9.06. The van der Waals surface area contributed by atoms with E-state index in [4.69, 9.17) is 21.4 Å². The second-order valence-corrected chi connectivity index (χ2v) is 7.85. The van der Waals surface area contributed by atoms with Crippen molar-refractivity contribution in [3.8, 4) is 0 Å². The van der Waals surface area contributed by atoms with E-state index >= 15 is 0 Å². The van der Waals surface area contributed by atoms with E-state index in [1.165, 1.54) is 0 Å². The summed E-state index contributed by atoms with van der Waals surface area (Å²) in [7, 11) is 1.69. The predicted octanol–water partition coefficient (Wildman–Crippen LogP) is 4.44. The molecule has 2 unspecified atom stereocenters. The maximum Gasteiger partial charge on any atom is 0.170 e. The second kappa shape index (κ2) is 8.77. The van der Waals surface area contributed by atoms with Crippen LogP contribution in [0.15, 0.2) is 81.3 Å². The highest BCUT2D eigenvalue weighted by atomic mass is 32.2. The quantitative estimate of drug-likeness (QED) is 0.577. The van der Waals surface area contributed by atoms with Crippen molar-refractivity contribution in [3.05, 3.63) is 78.3 Å². The van der Waals surface area contributed by atoms with Crippen LogP contribution in [-0.4, -0.2) is 35.3 Å². The van der Waals surface area contributed by atoms with Crippen LogP contribution in [0.2, 0.25) is 0 Å². The molecule has 0 radical (unpaired) electrons. The molecule has 1 N–H and O–H groups in total. The Kier molecular flexibility index (Phi) is 5.95. The Morgan fingerprint density at radius 2 is 1.96 bits per heavy atom. The minimum atomic E-state index is -0.0809. The van der Waals surface area contributed by atoms with Crippen molar-refractivity contribution >= 4 is 29.1 Å². The number of hydrogen-bond acceptors (Lipinski definition) is 5. The molecule has 28 heavy (non-hydrogen) atoms. The fourth-order valence-corrected chi connectivity index (χ4v) is 4.43. The summed E-state index contributed by atoms with van der Waals surface area (Å²) in [4.78, 5) is 7.79. The molecule has 1 aromatic carbocycles. The molecular formula is C21H21N3O2S2.